The molecule has 0 aromatic carbocycles. The fraction of sp³-hybridized carbons (Fsp3) is 0.500. The molecular weight excluding hydrogens is 280 g/mol. The molecule has 3 N–H and O–H groups in total. The van der Waals surface area contributed by atoms with Gasteiger partial charge < -0.3 is 10.1 Å². The minimum atomic E-state index is -3.92. The van der Waals surface area contributed by atoms with Crippen molar-refractivity contribution in [3.63, 3.8) is 0 Å². The second kappa shape index (κ2) is 6.17. The van der Waals surface area contributed by atoms with Crippen LogP contribution in [-0.4, -0.2) is 33.2 Å². The average Bonchev–Trinajstić information content (AvgIpc) is 2.45. The summed E-state index contributed by atoms with van der Waals surface area (Å²) in [6, 6.07) is 3.08. The maximum Gasteiger partial charge on any atom is 0.241 e. The molecule has 0 bridgehead atoms. The van der Waals surface area contributed by atoms with Gasteiger partial charge in [-0.05, 0) is 24.8 Å². The van der Waals surface area contributed by atoms with Crippen LogP contribution in [0.5, 0.6) is 0 Å². The minimum Gasteiger partial charge on any atom is -0.381 e. The van der Waals surface area contributed by atoms with E-state index in [1.54, 1.807) is 0 Å². The average molecular weight is 296 g/mol. The second-order valence-corrected chi connectivity index (χ2v) is 6.19. The molecule has 7 nitrogen and oxygen atoms in total. The van der Waals surface area contributed by atoms with Gasteiger partial charge in [0.05, 0.1) is 5.56 Å². The molecule has 0 saturated carbocycles. The van der Waals surface area contributed by atoms with Gasteiger partial charge in [0, 0.05) is 26.0 Å². The fourth-order valence-corrected chi connectivity index (χ4v) is 2.73. The third kappa shape index (κ3) is 3.66. The van der Waals surface area contributed by atoms with Crippen molar-refractivity contribution in [3.05, 3.63) is 17.8 Å². The first-order valence-electron chi connectivity index (χ1n) is 6.25. The smallest absolute Gasteiger partial charge is 0.241 e. The summed E-state index contributed by atoms with van der Waals surface area (Å²) in [6.45, 7) is 2.04. The Hall–Kier alpha value is -1.69. The van der Waals surface area contributed by atoms with Gasteiger partial charge in [-0.15, -0.1) is 0 Å². The lowest BCUT2D eigenvalue weighted by Gasteiger charge is -2.22. The molecule has 8 heteroatoms. The number of rotatable bonds is 4. The summed E-state index contributed by atoms with van der Waals surface area (Å²) < 4.78 is 28.3. The predicted molar refractivity (Wildman–Crippen MR) is 72.4 cm³/mol. The zero-order valence-electron chi connectivity index (χ0n) is 10.9. The summed E-state index contributed by atoms with van der Waals surface area (Å²) in [5.74, 6) is 0.604. The van der Waals surface area contributed by atoms with E-state index in [1.165, 1.54) is 12.3 Å². The number of aromatic nitrogens is 1. The number of hydrogen-bond donors (Lipinski definition) is 2. The van der Waals surface area contributed by atoms with Gasteiger partial charge in [0.25, 0.3) is 0 Å². The molecule has 1 aliphatic rings. The first-order chi connectivity index (χ1) is 9.50. The van der Waals surface area contributed by atoms with Gasteiger partial charge >= 0.3 is 0 Å². The molecule has 0 unspecified atom stereocenters. The van der Waals surface area contributed by atoms with E-state index in [0.29, 0.717) is 12.5 Å². The van der Waals surface area contributed by atoms with Crippen LogP contribution in [0.15, 0.2) is 17.2 Å². The van der Waals surface area contributed by atoms with Gasteiger partial charge in [0.2, 0.25) is 10.0 Å². The van der Waals surface area contributed by atoms with Crippen LogP contribution in [0.2, 0.25) is 0 Å². The predicted octanol–water partition coefficient (Wildman–Crippen LogP) is 0.439. The van der Waals surface area contributed by atoms with Crippen molar-refractivity contribution in [1.82, 2.24) is 4.98 Å². The Kier molecular flexibility index (Phi) is 4.54. The minimum absolute atomic E-state index is 0.149. The van der Waals surface area contributed by atoms with Crippen molar-refractivity contribution in [2.24, 2.45) is 11.1 Å². The maximum absolute atomic E-state index is 11.5. The van der Waals surface area contributed by atoms with Gasteiger partial charge in [-0.2, -0.15) is 5.26 Å². The van der Waals surface area contributed by atoms with Crippen molar-refractivity contribution in [2.75, 3.05) is 25.1 Å². The molecule has 1 aliphatic heterocycles. The standard InChI is InChI=1S/C12H16N4O3S/c13-6-10-5-11(20(14,17)18)12(16-8-10)15-7-9-1-3-19-4-2-9/h5,8-9H,1-4,7H2,(H,15,16)(H2,14,17,18). The molecule has 1 saturated heterocycles. The zero-order chi connectivity index (χ0) is 14.6. The first-order valence-corrected chi connectivity index (χ1v) is 7.80. The van der Waals surface area contributed by atoms with E-state index in [9.17, 15) is 8.42 Å². The molecule has 0 amide bonds. The van der Waals surface area contributed by atoms with Crippen LogP contribution in [0.1, 0.15) is 18.4 Å². The van der Waals surface area contributed by atoms with E-state index in [-0.39, 0.29) is 16.3 Å². The van der Waals surface area contributed by atoms with Crippen LogP contribution in [-0.2, 0) is 14.8 Å². The summed E-state index contributed by atoms with van der Waals surface area (Å²) in [5.41, 5.74) is 0.158. The quantitative estimate of drug-likeness (QED) is 0.832. The number of nitriles is 1. The summed E-state index contributed by atoms with van der Waals surface area (Å²) in [5, 5.41) is 17.0. The molecule has 2 heterocycles. The number of nitrogens with zero attached hydrogens (tertiary/aromatic N) is 2. The Morgan fingerprint density at radius 3 is 2.80 bits per heavy atom. The number of nitrogens with one attached hydrogen (secondary N) is 1. The lowest BCUT2D eigenvalue weighted by Crippen LogP contribution is -2.24. The molecule has 1 fully saturated rings. The van der Waals surface area contributed by atoms with Gasteiger partial charge in [-0.1, -0.05) is 0 Å². The van der Waals surface area contributed by atoms with Crippen molar-refractivity contribution in [3.8, 4) is 6.07 Å². The normalized spacial score (nSPS) is 16.6. The van der Waals surface area contributed by atoms with E-state index < -0.39 is 10.0 Å². The van der Waals surface area contributed by atoms with Gasteiger partial charge in [0.15, 0.2) is 0 Å². The maximum atomic E-state index is 11.5. The van der Waals surface area contributed by atoms with Crippen molar-refractivity contribution >= 4 is 15.8 Å². The Morgan fingerprint density at radius 1 is 1.50 bits per heavy atom. The summed E-state index contributed by atoms with van der Waals surface area (Å²) in [6.07, 6.45) is 3.17. The molecule has 2 rings (SSSR count). The van der Waals surface area contributed by atoms with Crippen molar-refractivity contribution in [2.45, 2.75) is 17.7 Å². The van der Waals surface area contributed by atoms with Crippen LogP contribution in [0.4, 0.5) is 5.82 Å². The van der Waals surface area contributed by atoms with E-state index >= 15 is 0 Å². The highest BCUT2D eigenvalue weighted by atomic mass is 32.2. The molecule has 108 valence electrons. The van der Waals surface area contributed by atoms with Gasteiger partial charge in [-0.25, -0.2) is 18.5 Å². The lowest BCUT2D eigenvalue weighted by molar-refractivity contribution is 0.0699. The third-order valence-corrected chi connectivity index (χ3v) is 4.11. The van der Waals surface area contributed by atoms with Crippen LogP contribution in [0.25, 0.3) is 0 Å². The molecule has 0 spiro atoms. The SMILES string of the molecule is N#Cc1cnc(NCC2CCOCC2)c(S(N)(=O)=O)c1. The topological polar surface area (TPSA) is 118 Å². The monoisotopic (exact) mass is 296 g/mol. The molecule has 0 aliphatic carbocycles. The summed E-state index contributed by atoms with van der Waals surface area (Å²) >= 11 is 0. The Balaban J connectivity index is 2.16. The number of nitrogens with two attached hydrogens (primary N) is 1. The number of ether oxygens (including phenoxy) is 1. The third-order valence-electron chi connectivity index (χ3n) is 3.19. The van der Waals surface area contributed by atoms with Crippen molar-refractivity contribution in [1.29, 1.82) is 5.26 Å². The number of anilines is 1. The molecule has 1 aromatic heterocycles. The number of primary sulfonamides is 1. The molecule has 1 aromatic rings. The van der Waals surface area contributed by atoms with Gasteiger partial charge in [0.1, 0.15) is 16.8 Å². The Labute approximate surface area is 117 Å². The number of pyridine rings is 1. The summed E-state index contributed by atoms with van der Waals surface area (Å²) in [4.78, 5) is 3.83. The van der Waals surface area contributed by atoms with Crippen LogP contribution in [0.3, 0.4) is 0 Å². The van der Waals surface area contributed by atoms with Crippen molar-refractivity contribution < 1.29 is 13.2 Å². The Morgan fingerprint density at radius 2 is 2.20 bits per heavy atom. The number of hydrogen-bond acceptors (Lipinski definition) is 6. The van der Waals surface area contributed by atoms with E-state index in [2.05, 4.69) is 10.3 Å². The fourth-order valence-electron chi connectivity index (χ4n) is 2.05. The molecule has 0 radical (unpaired) electrons. The molecule has 0 atom stereocenters. The largest absolute Gasteiger partial charge is 0.381 e. The van der Waals surface area contributed by atoms with E-state index in [4.69, 9.17) is 15.1 Å². The van der Waals surface area contributed by atoms with Gasteiger partial charge in [-0.3, -0.25) is 0 Å². The highest BCUT2D eigenvalue weighted by molar-refractivity contribution is 7.89. The first kappa shape index (κ1) is 14.7. The number of sulfonamides is 1. The highest BCUT2D eigenvalue weighted by Gasteiger charge is 2.19. The van der Waals surface area contributed by atoms with Crippen LogP contribution >= 0.6 is 0 Å². The molecule has 20 heavy (non-hydrogen) atoms. The summed E-state index contributed by atoms with van der Waals surface area (Å²) in [7, 11) is -3.92. The van der Waals surface area contributed by atoms with Crippen LogP contribution < -0.4 is 10.5 Å². The lowest BCUT2D eigenvalue weighted by atomic mass is 10.0. The zero-order valence-corrected chi connectivity index (χ0v) is 11.7. The van der Waals surface area contributed by atoms with Crippen LogP contribution in [0, 0.1) is 17.2 Å². The Bertz CT molecular complexity index is 618. The highest BCUT2D eigenvalue weighted by Crippen LogP contribution is 2.21. The van der Waals surface area contributed by atoms with E-state index in [0.717, 1.165) is 26.1 Å². The second-order valence-electron chi connectivity index (χ2n) is 4.66. The van der Waals surface area contributed by atoms with E-state index in [1.807, 2.05) is 6.07 Å². The molecular formula is C12H16N4O3S.